The van der Waals surface area contributed by atoms with Gasteiger partial charge in [0.1, 0.15) is 5.82 Å². The average molecular weight is 285 g/mol. The summed E-state index contributed by atoms with van der Waals surface area (Å²) in [6, 6.07) is 5.76. The van der Waals surface area contributed by atoms with Crippen LogP contribution in [0.25, 0.3) is 0 Å². The Balaban J connectivity index is 1.90. The molecule has 1 aromatic carbocycles. The molecule has 1 heterocycles. The van der Waals surface area contributed by atoms with Crippen LogP contribution in [0.4, 0.5) is 4.39 Å². The normalized spacial score (nSPS) is 21.8. The molecule has 0 spiro atoms. The van der Waals surface area contributed by atoms with Crippen molar-refractivity contribution in [2.24, 2.45) is 0 Å². The lowest BCUT2D eigenvalue weighted by molar-refractivity contribution is 0.255. The molecule has 1 aliphatic rings. The molecule has 0 saturated carbocycles. The van der Waals surface area contributed by atoms with Gasteiger partial charge in [-0.25, -0.2) is 4.39 Å². The maximum Gasteiger partial charge on any atom is 0.141 e. The molecule has 0 aliphatic carbocycles. The molecule has 0 radical (unpaired) electrons. The van der Waals surface area contributed by atoms with Crippen LogP contribution < -0.4 is 5.32 Å². The van der Waals surface area contributed by atoms with Gasteiger partial charge < -0.3 is 5.32 Å². The summed E-state index contributed by atoms with van der Waals surface area (Å²) in [5, 5.41) is 3.73. The van der Waals surface area contributed by atoms with E-state index < -0.39 is 0 Å². The van der Waals surface area contributed by atoms with E-state index in [9.17, 15) is 4.39 Å². The molecule has 106 valence electrons. The molecule has 1 aromatic rings. The molecular weight excluding hydrogens is 263 g/mol. The van der Waals surface area contributed by atoms with Gasteiger partial charge in [-0.1, -0.05) is 24.6 Å². The van der Waals surface area contributed by atoms with Crippen LogP contribution in [0.2, 0.25) is 5.02 Å². The number of nitrogens with one attached hydrogen (secondary N) is 1. The third kappa shape index (κ3) is 3.68. The summed E-state index contributed by atoms with van der Waals surface area (Å²) < 4.78 is 13.1. The number of likely N-dealkylation sites (tertiary alicyclic amines) is 1. The van der Waals surface area contributed by atoms with Gasteiger partial charge in [-0.3, -0.25) is 4.90 Å². The van der Waals surface area contributed by atoms with Crippen LogP contribution in [0.15, 0.2) is 18.2 Å². The van der Waals surface area contributed by atoms with Crippen LogP contribution in [-0.4, -0.2) is 30.6 Å². The third-order valence-electron chi connectivity index (χ3n) is 4.01. The van der Waals surface area contributed by atoms with Gasteiger partial charge in [0, 0.05) is 18.6 Å². The fourth-order valence-corrected chi connectivity index (χ4v) is 2.94. The molecule has 2 atom stereocenters. The van der Waals surface area contributed by atoms with Gasteiger partial charge in [0.25, 0.3) is 0 Å². The van der Waals surface area contributed by atoms with Gasteiger partial charge in [0.2, 0.25) is 0 Å². The van der Waals surface area contributed by atoms with Gasteiger partial charge >= 0.3 is 0 Å². The quantitative estimate of drug-likeness (QED) is 0.888. The van der Waals surface area contributed by atoms with Crippen LogP contribution in [0.3, 0.4) is 0 Å². The molecular formula is C15H22ClFN2. The second-order valence-corrected chi connectivity index (χ2v) is 5.64. The van der Waals surface area contributed by atoms with Crippen molar-refractivity contribution < 1.29 is 4.39 Å². The SMILES string of the molecule is CCN1CCCC1CNC(C)c1ccc(F)c(Cl)c1. The zero-order valence-electron chi connectivity index (χ0n) is 11.6. The van der Waals surface area contributed by atoms with E-state index in [1.54, 1.807) is 12.1 Å². The summed E-state index contributed by atoms with van der Waals surface area (Å²) >= 11 is 5.82. The molecule has 1 aliphatic heterocycles. The molecule has 0 aromatic heterocycles. The van der Waals surface area contributed by atoms with Crippen LogP contribution in [0.5, 0.6) is 0 Å². The highest BCUT2D eigenvalue weighted by Crippen LogP contribution is 2.22. The lowest BCUT2D eigenvalue weighted by atomic mass is 10.1. The Bertz CT molecular complexity index is 425. The van der Waals surface area contributed by atoms with Crippen LogP contribution >= 0.6 is 11.6 Å². The first-order valence-corrected chi connectivity index (χ1v) is 7.42. The molecule has 1 fully saturated rings. The minimum atomic E-state index is -0.356. The topological polar surface area (TPSA) is 15.3 Å². The molecule has 1 saturated heterocycles. The predicted molar refractivity (Wildman–Crippen MR) is 78.1 cm³/mol. The van der Waals surface area contributed by atoms with Crippen molar-refractivity contribution in [3.8, 4) is 0 Å². The number of hydrogen-bond acceptors (Lipinski definition) is 2. The van der Waals surface area contributed by atoms with E-state index in [0.717, 1.165) is 18.7 Å². The van der Waals surface area contributed by atoms with Crippen LogP contribution in [-0.2, 0) is 0 Å². The number of nitrogens with zero attached hydrogens (tertiary/aromatic N) is 1. The summed E-state index contributed by atoms with van der Waals surface area (Å²) in [4.78, 5) is 2.51. The highest BCUT2D eigenvalue weighted by atomic mass is 35.5. The molecule has 4 heteroatoms. The van der Waals surface area contributed by atoms with E-state index >= 15 is 0 Å². The number of rotatable bonds is 5. The highest BCUT2D eigenvalue weighted by Gasteiger charge is 2.23. The Kier molecular flexibility index (Phi) is 5.20. The first kappa shape index (κ1) is 14.8. The van der Waals surface area contributed by atoms with E-state index in [1.165, 1.54) is 25.5 Å². The van der Waals surface area contributed by atoms with Crippen molar-refractivity contribution in [1.82, 2.24) is 10.2 Å². The Hall–Kier alpha value is -0.640. The zero-order valence-corrected chi connectivity index (χ0v) is 12.4. The molecule has 0 bridgehead atoms. The minimum Gasteiger partial charge on any atom is -0.309 e. The first-order chi connectivity index (χ1) is 9.11. The molecule has 0 amide bonds. The summed E-state index contributed by atoms with van der Waals surface area (Å²) in [5.74, 6) is -0.356. The van der Waals surface area contributed by atoms with Crippen molar-refractivity contribution in [2.45, 2.75) is 38.8 Å². The largest absolute Gasteiger partial charge is 0.309 e. The van der Waals surface area contributed by atoms with Crippen molar-refractivity contribution in [2.75, 3.05) is 19.6 Å². The van der Waals surface area contributed by atoms with Crippen molar-refractivity contribution in [3.63, 3.8) is 0 Å². The van der Waals surface area contributed by atoms with E-state index in [4.69, 9.17) is 11.6 Å². The molecule has 19 heavy (non-hydrogen) atoms. The number of likely N-dealkylation sites (N-methyl/N-ethyl adjacent to an activating group) is 1. The Morgan fingerprint density at radius 3 is 3.00 bits per heavy atom. The van der Waals surface area contributed by atoms with Gasteiger partial charge in [0.05, 0.1) is 5.02 Å². The lowest BCUT2D eigenvalue weighted by Crippen LogP contribution is -2.38. The van der Waals surface area contributed by atoms with Crippen LogP contribution in [0.1, 0.15) is 38.3 Å². The molecule has 1 N–H and O–H groups in total. The van der Waals surface area contributed by atoms with Crippen molar-refractivity contribution >= 4 is 11.6 Å². The fraction of sp³-hybridized carbons (Fsp3) is 0.600. The smallest absolute Gasteiger partial charge is 0.141 e. The molecule has 2 rings (SSSR count). The van der Waals surface area contributed by atoms with Crippen molar-refractivity contribution in [3.05, 3.63) is 34.6 Å². The Morgan fingerprint density at radius 2 is 2.32 bits per heavy atom. The lowest BCUT2D eigenvalue weighted by Gasteiger charge is -2.25. The maximum absolute atomic E-state index is 13.1. The van der Waals surface area contributed by atoms with Gasteiger partial charge in [-0.2, -0.15) is 0 Å². The van der Waals surface area contributed by atoms with E-state index in [0.29, 0.717) is 6.04 Å². The summed E-state index contributed by atoms with van der Waals surface area (Å²) in [5.41, 5.74) is 1.03. The van der Waals surface area contributed by atoms with Crippen LogP contribution in [0, 0.1) is 5.82 Å². The average Bonchev–Trinajstić information content (AvgIpc) is 2.86. The summed E-state index contributed by atoms with van der Waals surface area (Å²) in [7, 11) is 0. The van der Waals surface area contributed by atoms with Gasteiger partial charge in [-0.15, -0.1) is 0 Å². The summed E-state index contributed by atoms with van der Waals surface area (Å²) in [6.45, 7) is 7.60. The second-order valence-electron chi connectivity index (χ2n) is 5.23. The van der Waals surface area contributed by atoms with Crippen molar-refractivity contribution in [1.29, 1.82) is 0 Å². The highest BCUT2D eigenvalue weighted by molar-refractivity contribution is 6.30. The van der Waals surface area contributed by atoms with E-state index in [1.807, 2.05) is 0 Å². The first-order valence-electron chi connectivity index (χ1n) is 7.04. The maximum atomic E-state index is 13.1. The molecule has 2 nitrogen and oxygen atoms in total. The minimum absolute atomic E-state index is 0.192. The van der Waals surface area contributed by atoms with Gasteiger partial charge in [-0.05, 0) is 50.6 Å². The number of hydrogen-bond donors (Lipinski definition) is 1. The molecule has 2 unspecified atom stereocenters. The number of halogens is 2. The van der Waals surface area contributed by atoms with E-state index in [2.05, 4.69) is 24.1 Å². The Labute approximate surface area is 119 Å². The fourth-order valence-electron chi connectivity index (χ4n) is 2.76. The standard InChI is InChI=1S/C15H22ClFN2/c1-3-19-8-4-5-13(19)10-18-11(2)12-6-7-15(17)14(16)9-12/h6-7,9,11,13,18H,3-5,8,10H2,1-2H3. The van der Waals surface area contributed by atoms with E-state index in [-0.39, 0.29) is 16.9 Å². The second kappa shape index (κ2) is 6.69. The third-order valence-corrected chi connectivity index (χ3v) is 4.30. The number of benzene rings is 1. The zero-order chi connectivity index (χ0) is 13.8. The van der Waals surface area contributed by atoms with Gasteiger partial charge in [0.15, 0.2) is 0 Å². The monoisotopic (exact) mass is 284 g/mol. The predicted octanol–water partition coefficient (Wildman–Crippen LogP) is 3.61. The summed E-state index contributed by atoms with van der Waals surface area (Å²) in [6.07, 6.45) is 2.55. The Morgan fingerprint density at radius 1 is 1.53 bits per heavy atom.